The maximum Gasteiger partial charge on any atom is 0.195 e. The second-order valence-corrected chi connectivity index (χ2v) is 4.58. The van der Waals surface area contributed by atoms with Gasteiger partial charge in [-0.3, -0.25) is 4.99 Å². The van der Waals surface area contributed by atoms with Crippen LogP contribution >= 0.6 is 15.9 Å². The molecule has 0 radical (unpaired) electrons. The number of aryl methyl sites for hydroxylation is 2. The van der Waals surface area contributed by atoms with Gasteiger partial charge in [0.1, 0.15) is 0 Å². The topological polar surface area (TPSA) is 36.4 Å². The minimum Gasteiger partial charge on any atom is -0.354 e. The summed E-state index contributed by atoms with van der Waals surface area (Å²) >= 11 is 3.56. The average molecular weight is 268 g/mol. The van der Waals surface area contributed by atoms with Crippen molar-refractivity contribution in [3.05, 3.63) is 27.7 Å². The first-order valence-electron chi connectivity index (χ1n) is 4.99. The molecule has 0 saturated carbocycles. The van der Waals surface area contributed by atoms with E-state index < -0.39 is 0 Å². The highest BCUT2D eigenvalue weighted by Crippen LogP contribution is 2.27. The molecule has 0 aromatic heterocycles. The van der Waals surface area contributed by atoms with Gasteiger partial charge < -0.3 is 10.6 Å². The molecule has 0 unspecified atom stereocenters. The second kappa shape index (κ2) is 4.23. The van der Waals surface area contributed by atoms with Crippen LogP contribution in [-0.2, 0) is 0 Å². The first-order valence-corrected chi connectivity index (χ1v) is 5.78. The standard InChI is InChI=1S/C11H14BrN3/c1-7-5-8(2)10(9(12)6-7)15-11-13-3-4-14-11/h5-6H,3-4H2,1-2H3,(H2,13,14,15). The molecular weight excluding hydrogens is 254 g/mol. The molecule has 3 nitrogen and oxygen atoms in total. The lowest BCUT2D eigenvalue weighted by atomic mass is 10.1. The summed E-state index contributed by atoms with van der Waals surface area (Å²) < 4.78 is 1.08. The van der Waals surface area contributed by atoms with Crippen LogP contribution in [0.25, 0.3) is 0 Å². The van der Waals surface area contributed by atoms with Gasteiger partial charge in [-0.15, -0.1) is 0 Å². The minimum atomic E-state index is 0.852. The molecule has 1 aliphatic heterocycles. The molecule has 0 bridgehead atoms. The van der Waals surface area contributed by atoms with Crippen molar-refractivity contribution in [2.45, 2.75) is 13.8 Å². The minimum absolute atomic E-state index is 0.852. The molecule has 0 atom stereocenters. The van der Waals surface area contributed by atoms with Crippen molar-refractivity contribution < 1.29 is 0 Å². The third-order valence-electron chi connectivity index (χ3n) is 2.35. The molecule has 0 amide bonds. The van der Waals surface area contributed by atoms with E-state index in [0.29, 0.717) is 0 Å². The average Bonchev–Trinajstić information content (AvgIpc) is 2.63. The van der Waals surface area contributed by atoms with Crippen LogP contribution < -0.4 is 10.6 Å². The molecule has 0 fully saturated rings. The fourth-order valence-electron chi connectivity index (χ4n) is 1.67. The largest absolute Gasteiger partial charge is 0.354 e. The van der Waals surface area contributed by atoms with E-state index in [0.717, 1.165) is 29.2 Å². The molecule has 1 aromatic rings. The molecule has 0 spiro atoms. The fraction of sp³-hybridized carbons (Fsp3) is 0.364. The molecule has 80 valence electrons. The van der Waals surface area contributed by atoms with Gasteiger partial charge in [-0.2, -0.15) is 0 Å². The van der Waals surface area contributed by atoms with Crippen molar-refractivity contribution in [3.8, 4) is 0 Å². The highest BCUT2D eigenvalue weighted by Gasteiger charge is 2.09. The summed E-state index contributed by atoms with van der Waals surface area (Å²) in [7, 11) is 0. The lowest BCUT2D eigenvalue weighted by Crippen LogP contribution is -2.26. The van der Waals surface area contributed by atoms with Crippen LogP contribution in [0.4, 0.5) is 5.69 Å². The molecule has 2 rings (SSSR count). The molecule has 1 aromatic carbocycles. The van der Waals surface area contributed by atoms with Gasteiger partial charge in [0.05, 0.1) is 12.2 Å². The number of hydrogen-bond acceptors (Lipinski definition) is 3. The van der Waals surface area contributed by atoms with E-state index in [9.17, 15) is 0 Å². The maximum atomic E-state index is 4.31. The third-order valence-corrected chi connectivity index (χ3v) is 2.97. The lowest BCUT2D eigenvalue weighted by Gasteiger charge is -2.12. The lowest BCUT2D eigenvalue weighted by molar-refractivity contribution is 0.959. The van der Waals surface area contributed by atoms with Crippen LogP contribution in [-0.4, -0.2) is 19.0 Å². The van der Waals surface area contributed by atoms with Crippen molar-refractivity contribution in [3.63, 3.8) is 0 Å². The van der Waals surface area contributed by atoms with E-state index in [-0.39, 0.29) is 0 Å². The number of anilines is 1. The number of halogens is 1. The van der Waals surface area contributed by atoms with E-state index in [1.807, 2.05) is 0 Å². The van der Waals surface area contributed by atoms with Crippen LogP contribution in [0.15, 0.2) is 21.6 Å². The molecule has 4 heteroatoms. The Morgan fingerprint density at radius 1 is 1.40 bits per heavy atom. The van der Waals surface area contributed by atoms with E-state index in [4.69, 9.17) is 0 Å². The quantitative estimate of drug-likeness (QED) is 0.820. The van der Waals surface area contributed by atoms with Gasteiger partial charge >= 0.3 is 0 Å². The van der Waals surface area contributed by atoms with E-state index in [1.54, 1.807) is 0 Å². The number of benzene rings is 1. The molecule has 1 heterocycles. The Morgan fingerprint density at radius 3 is 2.80 bits per heavy atom. The third kappa shape index (κ3) is 2.31. The van der Waals surface area contributed by atoms with Crippen molar-refractivity contribution >= 4 is 27.6 Å². The smallest absolute Gasteiger partial charge is 0.195 e. The second-order valence-electron chi connectivity index (χ2n) is 3.72. The highest BCUT2D eigenvalue weighted by atomic mass is 79.9. The SMILES string of the molecule is Cc1cc(C)c(NC2=NCCN2)c(Br)c1. The Morgan fingerprint density at radius 2 is 2.20 bits per heavy atom. The Labute approximate surface area is 98.1 Å². The maximum absolute atomic E-state index is 4.31. The van der Waals surface area contributed by atoms with Crippen molar-refractivity contribution in [2.75, 3.05) is 18.4 Å². The summed E-state index contributed by atoms with van der Waals surface area (Å²) in [5, 5.41) is 6.49. The van der Waals surface area contributed by atoms with Crippen LogP contribution in [0, 0.1) is 13.8 Å². The molecule has 2 N–H and O–H groups in total. The number of rotatable bonds is 1. The highest BCUT2D eigenvalue weighted by molar-refractivity contribution is 9.10. The molecule has 0 saturated heterocycles. The molecule has 0 aliphatic carbocycles. The van der Waals surface area contributed by atoms with Gasteiger partial charge in [0.15, 0.2) is 5.96 Å². The fourth-order valence-corrected chi connectivity index (χ4v) is 2.45. The zero-order valence-electron chi connectivity index (χ0n) is 8.89. The van der Waals surface area contributed by atoms with Crippen molar-refractivity contribution in [1.82, 2.24) is 5.32 Å². The van der Waals surface area contributed by atoms with E-state index >= 15 is 0 Å². The summed E-state index contributed by atoms with van der Waals surface area (Å²) in [6.45, 7) is 5.96. The van der Waals surface area contributed by atoms with Gasteiger partial charge in [-0.1, -0.05) is 6.07 Å². The summed E-state index contributed by atoms with van der Waals surface area (Å²) in [6, 6.07) is 4.26. The summed E-state index contributed by atoms with van der Waals surface area (Å²) in [6.07, 6.45) is 0. The number of nitrogens with one attached hydrogen (secondary N) is 2. The summed E-state index contributed by atoms with van der Waals surface area (Å²) in [5.41, 5.74) is 3.57. The number of guanidine groups is 1. The Balaban J connectivity index is 2.27. The molecular formula is C11H14BrN3. The van der Waals surface area contributed by atoms with Crippen LogP contribution in [0.5, 0.6) is 0 Å². The van der Waals surface area contributed by atoms with Crippen LogP contribution in [0.3, 0.4) is 0 Å². The Hall–Kier alpha value is -1.03. The first-order chi connectivity index (χ1) is 7.16. The van der Waals surface area contributed by atoms with Gasteiger partial charge in [-0.25, -0.2) is 0 Å². The summed E-state index contributed by atoms with van der Waals surface area (Å²) in [5.74, 6) is 0.864. The Bertz CT molecular complexity index is 389. The van der Waals surface area contributed by atoms with E-state index in [2.05, 4.69) is 57.5 Å². The predicted molar refractivity (Wildman–Crippen MR) is 67.5 cm³/mol. The van der Waals surface area contributed by atoms with Gasteiger partial charge in [0.25, 0.3) is 0 Å². The monoisotopic (exact) mass is 267 g/mol. The van der Waals surface area contributed by atoms with Gasteiger partial charge in [-0.05, 0) is 47.0 Å². The van der Waals surface area contributed by atoms with E-state index in [1.165, 1.54) is 11.1 Å². The summed E-state index contributed by atoms with van der Waals surface area (Å²) in [4.78, 5) is 4.31. The zero-order chi connectivity index (χ0) is 10.8. The number of hydrogen-bond donors (Lipinski definition) is 2. The first kappa shape index (κ1) is 10.5. The van der Waals surface area contributed by atoms with Crippen molar-refractivity contribution in [2.24, 2.45) is 4.99 Å². The van der Waals surface area contributed by atoms with Gasteiger partial charge in [0.2, 0.25) is 0 Å². The molecule has 15 heavy (non-hydrogen) atoms. The zero-order valence-corrected chi connectivity index (χ0v) is 10.5. The normalized spacial score (nSPS) is 14.7. The van der Waals surface area contributed by atoms with Crippen LogP contribution in [0.1, 0.15) is 11.1 Å². The molecule has 1 aliphatic rings. The van der Waals surface area contributed by atoms with Crippen LogP contribution in [0.2, 0.25) is 0 Å². The van der Waals surface area contributed by atoms with Gasteiger partial charge in [0, 0.05) is 11.0 Å². The number of aliphatic imine (C=N–C) groups is 1. The number of nitrogens with zero attached hydrogens (tertiary/aromatic N) is 1. The predicted octanol–water partition coefficient (Wildman–Crippen LogP) is 2.44. The Kier molecular flexibility index (Phi) is 2.95. The van der Waals surface area contributed by atoms with Crippen molar-refractivity contribution in [1.29, 1.82) is 0 Å².